The summed E-state index contributed by atoms with van der Waals surface area (Å²) in [4.78, 5) is 99.9. The fourth-order valence-electron chi connectivity index (χ4n) is 10.4. The summed E-state index contributed by atoms with van der Waals surface area (Å²) in [6.07, 6.45) is 3.92. The zero-order chi connectivity index (χ0) is 99.2. The van der Waals surface area contributed by atoms with Gasteiger partial charge in [0, 0.05) is 88.1 Å². The zero-order valence-electron chi connectivity index (χ0n) is 77.2. The van der Waals surface area contributed by atoms with E-state index < -0.39 is 69.1 Å². The molecule has 1 aromatic rings. The van der Waals surface area contributed by atoms with Gasteiger partial charge in [0.05, 0.1) is 54.3 Å². The molecular weight excluding hydrogens is 2660 g/mol. The van der Waals surface area contributed by atoms with Crippen molar-refractivity contribution in [3.05, 3.63) is 106 Å². The number of halogens is 7. The van der Waals surface area contributed by atoms with Gasteiger partial charge in [0.15, 0.2) is 0 Å². The third-order valence-electron chi connectivity index (χ3n) is 18.0. The molecule has 3 N–H and O–H groups in total. The van der Waals surface area contributed by atoms with Crippen molar-refractivity contribution in [1.29, 1.82) is 0 Å². The molecule has 0 spiro atoms. The second-order valence-corrected chi connectivity index (χ2v) is 47.9. The molecule has 0 aliphatic carbocycles. The van der Waals surface area contributed by atoms with Gasteiger partial charge in [-0.3, -0.25) is 34.0 Å². The third-order valence-corrected chi connectivity index (χ3v) is 26.8. The summed E-state index contributed by atoms with van der Waals surface area (Å²) in [5.74, 6) is 1.51. The van der Waals surface area contributed by atoms with Crippen molar-refractivity contribution in [2.45, 2.75) is 243 Å². The maximum absolute atomic E-state index is 12.3. The van der Waals surface area contributed by atoms with Gasteiger partial charge >= 0.3 is 219 Å². The second kappa shape index (κ2) is 93.2. The molecule has 20 atom stereocenters. The number of imide groups is 1. The van der Waals surface area contributed by atoms with Crippen molar-refractivity contribution < 1.29 is 150 Å². The first-order valence-electron chi connectivity index (χ1n) is 39.8. The van der Waals surface area contributed by atoms with E-state index in [0.29, 0.717) is 77.3 Å². The number of benzene rings is 1. The summed E-state index contributed by atoms with van der Waals surface area (Å²) in [7, 11) is 19.8. The van der Waals surface area contributed by atoms with E-state index in [9.17, 15) is 48.3 Å². The van der Waals surface area contributed by atoms with Gasteiger partial charge in [0.1, 0.15) is 24.5 Å². The number of aldehydes is 2. The van der Waals surface area contributed by atoms with Crippen LogP contribution in [0.2, 0.25) is 11.6 Å². The van der Waals surface area contributed by atoms with Gasteiger partial charge in [-0.2, -0.15) is 49.9 Å². The number of aliphatic hydroxyl groups excluding tert-OH is 1. The molecule has 6 rings (SSSR count). The molecule has 133 heavy (non-hydrogen) atoms. The summed E-state index contributed by atoms with van der Waals surface area (Å²) in [6.45, 7) is 41.6. The quantitative estimate of drug-likeness (QED) is 0.00382. The topological polar surface area (TPSA) is 338 Å². The number of carboxylic acid groups (broad SMARTS) is 2. The average Bonchev–Trinajstić information content (AvgIpc) is 1.15. The molecule has 0 saturated carbocycles. The molecule has 0 aromatic heterocycles. The van der Waals surface area contributed by atoms with Crippen LogP contribution in [0.4, 0.5) is 4.79 Å². The van der Waals surface area contributed by atoms with Crippen LogP contribution in [0, 0.1) is 35.5 Å². The maximum Gasteiger partial charge on any atom is 1.00 e. The summed E-state index contributed by atoms with van der Waals surface area (Å²) < 4.78 is 81.9. The number of carbonyl (C=O) groups excluding carboxylic acids is 7. The number of rotatable bonds is 35. The van der Waals surface area contributed by atoms with Crippen LogP contribution in [-0.2, 0) is 124 Å². The molecule has 5 aliphatic rings. The number of ether oxygens (including phenoxy) is 7. The van der Waals surface area contributed by atoms with Crippen molar-refractivity contribution in [2.24, 2.45) is 35.5 Å². The standard InChI is InChI=1S/C13H15NO3.C12H21BIO3PS.2C11H19BIO3PS.C10H17BIO4PS.C6H12BO4PS.C4H5IO2.C4H5IO.C3H6BO2PS.3CH4.2CH3.Al.B.ClH.Na.H/c1-2-12(15)14-11(9-17-13(14)16)8-10-6-4-3-5-7-10;1-7(6-14)12-9(3)11(15)8(2)10(17-12)4-5-16-13(18)19;1-7(6-13)11-15-9(3)8(2)10(16-11)4-5-14-12(17)18;1-7(6-13)11-5-9(14)8(2)10(16-11)3-4-15-12(17)18;1-6(5-12)10-15-8(3-4-14-11(17)18)7(2)9(13)16-10;1-4(6(9)10)5(8)2-3-11-13(7)12;1-3(2-5)4(6)7;1-4(2-5)3-6;4-8(7)6-3-1-2-5;;;;;;;;;;/h3-7,11H,2,8-9H2,1H3;6,8-10,12,19H,4-5,18H2,1-3H3;2*6,8,10-11,18H,3-5,17H2,1-2H3;5,7-8,10,18H,3-4,17H2,1-2H3;4-5,8,12H,2-3H2,1H3,(H,9,10);2H,1H3,(H,6,7);2-3H,1H3;2,7H,1,3H2;3*1H4;2*1H3;;;1H;;/q;;;;;-1;;;-1;;;;;;+1;;;+1;-1/p-1/b;3*7-6+;6-5+;;3-2+;4-2+;;;;;;;;;;;/t11-;8-,9+,10+,12-;8-,10-,11+;8-,10-,11-;7-,8+,10+;4-,5+;;;;;;;;;;;;;/m001100............./s1. The van der Waals surface area contributed by atoms with Crippen LogP contribution in [-0.4, -0.2) is 241 Å². The summed E-state index contributed by atoms with van der Waals surface area (Å²) in [5.41, 5.74) is 6.41. The molecule has 26 nitrogen and oxygen atoms in total. The fourth-order valence-corrected chi connectivity index (χ4v) is 14.1. The largest absolute Gasteiger partial charge is 1.00 e. The number of aliphatic carboxylic acids is 2. The van der Waals surface area contributed by atoms with Crippen LogP contribution in [0.5, 0.6) is 0 Å². The Balaban J connectivity index is -0.000000163. The van der Waals surface area contributed by atoms with Gasteiger partial charge in [-0.15, -0.1) is 36.5 Å². The Kier molecular flexibility index (Phi) is 108. The molecule has 5 radical (unpaired) electrons. The Bertz CT molecular complexity index is 3690. The number of hydrogen-bond donors (Lipinski definition) is 7. The van der Waals surface area contributed by atoms with Gasteiger partial charge in [-0.1, -0.05) is 241 Å². The predicted octanol–water partition coefficient (Wildman–Crippen LogP) is 17.3. The maximum atomic E-state index is 12.3. The van der Waals surface area contributed by atoms with E-state index in [4.69, 9.17) is 93.8 Å². The first-order valence-corrected chi connectivity index (χ1v) is 61.0. The van der Waals surface area contributed by atoms with Crippen LogP contribution in [0.1, 0.15) is 171 Å². The molecule has 5 saturated heterocycles. The molecule has 751 valence electrons. The minimum Gasteiger partial charge on any atom is -1.00 e. The zero-order valence-corrected chi connectivity index (χ0v) is 105. The SMILES string of the molecule is C.C.C.C/C(=C\I)C(=O)O.C/C(=C\I)[C@@H]1O[C@H](CCOB(P)S)[C@H](C)C(=O)[C@H]1C.C/C(=C\I)[C@H]1CC(=O)[C@@H](C)[C@@H](CCOB(P)S)O1.C/C(=C\I)[C@H]1OC(=O)[C@@H](C)[C@@H](CCOB(P)S)O1.C/C(C=O)=C\I.C=C1O[C@H](/C(C)=C/I)O[C@H](CCOB(P)S)[C@@H]1C.CCC(=O)N1C(=O)OC[C@@H]1Cc1ccccc1.[B].[B]=[S-](=P)OCCC=O.[B]=[S-](=P)OCC[C@@H](O)[C@H](C)C(=O)O.[CH3][Al]([CH3])[Cl].[H-].[Na+]. The van der Waals surface area contributed by atoms with Crippen LogP contribution < -0.4 is 29.6 Å². The Labute approximate surface area is 953 Å². The molecule has 5 fully saturated rings. The van der Waals surface area contributed by atoms with E-state index in [1.165, 1.54) is 15.9 Å². The van der Waals surface area contributed by atoms with E-state index in [1.807, 2.05) is 147 Å². The van der Waals surface area contributed by atoms with E-state index in [-0.39, 0.29) is 200 Å². The summed E-state index contributed by atoms with van der Waals surface area (Å²) >= 11 is 28.4. The molecule has 54 heteroatoms. The van der Waals surface area contributed by atoms with Crippen LogP contribution in [0.25, 0.3) is 0 Å². The van der Waals surface area contributed by atoms with Crippen LogP contribution in [0.3, 0.4) is 0 Å². The third kappa shape index (κ3) is 75.3. The first kappa shape index (κ1) is 155. The van der Waals surface area contributed by atoms with Crippen LogP contribution in [0.15, 0.2) is 101 Å². The number of allylic oxidation sites excluding steroid dienone is 1. The number of hydrogen-bond acceptors (Lipinski definition) is 29. The minimum atomic E-state index is -1.02. The number of Topliss-reactive ketones (excluding diaryl/α,β-unsaturated/α-hetero) is 2. The summed E-state index contributed by atoms with van der Waals surface area (Å²) in [6, 6.07) is 9.62. The Morgan fingerprint density at radius 2 is 1.07 bits per heavy atom. The molecule has 1 aromatic carbocycles. The number of nitrogens with zero attached hydrogens (tertiary/aromatic N) is 1. The molecule has 0 bridgehead atoms. The fraction of sp³-hybridized carbons (Fsp3) is 0.633. The average molecular weight is 2800 g/mol. The van der Waals surface area contributed by atoms with Gasteiger partial charge in [-0.05, 0) is 127 Å². The number of amides is 2. The number of thiol groups is 4. The molecule has 5 heterocycles. The monoisotopic (exact) mass is 2800 g/mol. The van der Waals surface area contributed by atoms with Crippen molar-refractivity contribution >= 4 is 380 Å². The first-order chi connectivity index (χ1) is 59.9. The van der Waals surface area contributed by atoms with Crippen molar-refractivity contribution in [3.8, 4) is 0 Å². The van der Waals surface area contributed by atoms with Crippen molar-refractivity contribution in [1.82, 2.24) is 4.90 Å². The number of carbonyl (C=O) groups is 9. The summed E-state index contributed by atoms with van der Waals surface area (Å²) in [5, 5.41) is 25.9. The predicted molar refractivity (Wildman–Crippen MR) is 638 cm³/mol. The number of ketones is 2. The van der Waals surface area contributed by atoms with Gasteiger partial charge < -0.3 is 58.3 Å². The molecular formula is C79H138AlB7ClI6NNaO25P6S6-2. The Morgan fingerprint density at radius 1 is 0.654 bits per heavy atom. The van der Waals surface area contributed by atoms with Gasteiger partial charge in [-0.25, -0.2) is 14.5 Å². The van der Waals surface area contributed by atoms with Crippen molar-refractivity contribution in [3.63, 3.8) is 0 Å². The van der Waals surface area contributed by atoms with Crippen LogP contribution >= 0.6 is 248 Å². The Hall–Kier alpha value is 3.87. The van der Waals surface area contributed by atoms with E-state index in [0.717, 1.165) is 71.0 Å². The molecule has 5 aliphatic heterocycles. The number of carboxylic acids is 2. The minimum absolute atomic E-state index is 0. The second-order valence-electron chi connectivity index (χ2n) is 28.7. The number of cyclic esters (lactones) is 2. The van der Waals surface area contributed by atoms with Gasteiger partial charge in [0.25, 0.3) is 0 Å². The smallest absolute Gasteiger partial charge is 1.00 e. The van der Waals surface area contributed by atoms with E-state index in [1.54, 1.807) is 24.9 Å². The Morgan fingerprint density at radius 3 is 1.43 bits per heavy atom. The normalized spacial score (nSPS) is 22.4. The van der Waals surface area contributed by atoms with E-state index >= 15 is 0 Å². The van der Waals surface area contributed by atoms with E-state index in [2.05, 4.69) is 218 Å². The van der Waals surface area contributed by atoms with Gasteiger partial charge in [0.2, 0.25) is 18.5 Å². The number of esters is 1. The van der Waals surface area contributed by atoms with Crippen molar-refractivity contribution in [2.75, 3.05) is 46.2 Å². The molecule has 4 unspecified atom stereocenters. The molecule has 2 amide bonds. The number of aliphatic hydroxyl groups is 1.